The van der Waals surface area contributed by atoms with Crippen LogP contribution < -0.4 is 5.32 Å². The van der Waals surface area contributed by atoms with Crippen molar-refractivity contribution in [1.82, 2.24) is 5.32 Å². The van der Waals surface area contributed by atoms with Gasteiger partial charge in [0.1, 0.15) is 11.8 Å². The number of rotatable bonds is 18. The number of carboxylic acids is 2. The number of hydrogen-bond acceptors (Lipinski definition) is 4. The number of Topliss-reactive ketones (excluding diaryl/α,β-unsaturated/α-hetero) is 1. The van der Waals surface area contributed by atoms with E-state index in [0.717, 1.165) is 64.2 Å². The molecule has 0 aromatic rings. The Bertz CT molecular complexity index is 463. The molecule has 156 valence electrons. The minimum atomic E-state index is -1.10. The number of amides is 1. The van der Waals surface area contributed by atoms with E-state index < -0.39 is 18.0 Å². The summed E-state index contributed by atoms with van der Waals surface area (Å²) >= 11 is 0. The van der Waals surface area contributed by atoms with Gasteiger partial charge in [0.25, 0.3) is 0 Å². The predicted molar refractivity (Wildman–Crippen MR) is 103 cm³/mol. The third-order valence-corrected chi connectivity index (χ3v) is 4.46. The minimum absolute atomic E-state index is 0.0873. The molecule has 0 fully saturated rings. The van der Waals surface area contributed by atoms with Crippen LogP contribution >= 0.6 is 0 Å². The smallest absolute Gasteiger partial charge is 0.326 e. The standard InChI is InChI=1S/C20H35NO6/c1-16(22)14-15-17(20(26)27)21-18(23)12-10-8-6-4-2-3-5-7-9-11-13-19(24)25/h17H,2-15H2,1H3,(H,21,23)(H,24,25)(H,26,27). The molecule has 0 heterocycles. The summed E-state index contributed by atoms with van der Waals surface area (Å²) < 4.78 is 0. The second-order valence-corrected chi connectivity index (χ2v) is 7.13. The van der Waals surface area contributed by atoms with Crippen molar-refractivity contribution in [3.63, 3.8) is 0 Å². The number of ketones is 1. The highest BCUT2D eigenvalue weighted by molar-refractivity contribution is 5.84. The Morgan fingerprint density at radius 2 is 1.15 bits per heavy atom. The highest BCUT2D eigenvalue weighted by Crippen LogP contribution is 2.12. The van der Waals surface area contributed by atoms with Gasteiger partial charge in [-0.25, -0.2) is 4.79 Å². The molecule has 0 saturated carbocycles. The van der Waals surface area contributed by atoms with Crippen molar-refractivity contribution in [3.8, 4) is 0 Å². The average Bonchev–Trinajstić information content (AvgIpc) is 2.58. The number of hydrogen-bond donors (Lipinski definition) is 3. The molecule has 0 radical (unpaired) electrons. The van der Waals surface area contributed by atoms with Crippen LogP contribution in [0.4, 0.5) is 0 Å². The molecule has 1 unspecified atom stereocenters. The molecule has 27 heavy (non-hydrogen) atoms. The van der Waals surface area contributed by atoms with Crippen LogP contribution in [0.1, 0.15) is 96.8 Å². The van der Waals surface area contributed by atoms with E-state index in [1.54, 1.807) is 0 Å². The maximum Gasteiger partial charge on any atom is 0.326 e. The summed E-state index contributed by atoms with van der Waals surface area (Å²) in [4.78, 5) is 44.2. The number of carbonyl (C=O) groups excluding carboxylic acids is 2. The zero-order chi connectivity index (χ0) is 20.5. The van der Waals surface area contributed by atoms with E-state index in [1.807, 2.05) is 0 Å². The second-order valence-electron chi connectivity index (χ2n) is 7.13. The molecule has 0 aromatic carbocycles. The van der Waals surface area contributed by atoms with Crippen LogP contribution in [0.15, 0.2) is 0 Å². The Kier molecular flexibility index (Phi) is 15.1. The van der Waals surface area contributed by atoms with Crippen LogP contribution in [-0.4, -0.2) is 39.9 Å². The number of carboxylic acid groups (broad SMARTS) is 2. The first-order valence-corrected chi connectivity index (χ1v) is 10.1. The van der Waals surface area contributed by atoms with Gasteiger partial charge in [0.2, 0.25) is 5.91 Å². The molecule has 0 rings (SSSR count). The van der Waals surface area contributed by atoms with Gasteiger partial charge in [0.05, 0.1) is 0 Å². The van der Waals surface area contributed by atoms with Crippen molar-refractivity contribution >= 4 is 23.6 Å². The molecule has 0 spiro atoms. The van der Waals surface area contributed by atoms with Crippen molar-refractivity contribution < 1.29 is 29.4 Å². The van der Waals surface area contributed by atoms with Crippen molar-refractivity contribution in [1.29, 1.82) is 0 Å². The monoisotopic (exact) mass is 385 g/mol. The first kappa shape index (κ1) is 25.1. The second kappa shape index (κ2) is 16.3. The van der Waals surface area contributed by atoms with Gasteiger partial charge in [-0.1, -0.05) is 51.4 Å². The van der Waals surface area contributed by atoms with Crippen molar-refractivity contribution in [2.45, 2.75) is 103 Å². The first-order valence-electron chi connectivity index (χ1n) is 10.1. The van der Waals surface area contributed by atoms with Gasteiger partial charge in [0.15, 0.2) is 0 Å². The van der Waals surface area contributed by atoms with E-state index in [0.29, 0.717) is 6.42 Å². The van der Waals surface area contributed by atoms with Crippen LogP contribution in [0.2, 0.25) is 0 Å². The SMILES string of the molecule is CC(=O)CCC(NC(=O)CCCCCCCCCCCCC(=O)O)C(=O)O. The number of aliphatic carboxylic acids is 2. The molecule has 3 N–H and O–H groups in total. The van der Waals surface area contributed by atoms with Crippen molar-refractivity contribution in [2.24, 2.45) is 0 Å². The fraction of sp³-hybridized carbons (Fsp3) is 0.800. The Balaban J connectivity index is 3.55. The van der Waals surface area contributed by atoms with E-state index in [4.69, 9.17) is 10.2 Å². The highest BCUT2D eigenvalue weighted by atomic mass is 16.4. The van der Waals surface area contributed by atoms with Gasteiger partial charge in [-0.2, -0.15) is 0 Å². The molecule has 0 bridgehead atoms. The van der Waals surface area contributed by atoms with E-state index in [-0.39, 0.29) is 31.0 Å². The lowest BCUT2D eigenvalue weighted by Gasteiger charge is -2.13. The van der Waals surface area contributed by atoms with Crippen LogP contribution in [0.5, 0.6) is 0 Å². The molecule has 0 aliphatic rings. The van der Waals surface area contributed by atoms with Crippen LogP contribution in [-0.2, 0) is 19.2 Å². The topological polar surface area (TPSA) is 121 Å². The largest absolute Gasteiger partial charge is 0.481 e. The summed E-state index contributed by atoms with van der Waals surface area (Å²) in [6, 6.07) is -0.989. The summed E-state index contributed by atoms with van der Waals surface area (Å²) in [5.74, 6) is -2.19. The van der Waals surface area contributed by atoms with Crippen LogP contribution in [0.3, 0.4) is 0 Å². The van der Waals surface area contributed by atoms with Gasteiger partial charge in [-0.05, 0) is 26.2 Å². The molecular formula is C20H35NO6. The predicted octanol–water partition coefficient (Wildman–Crippen LogP) is 3.69. The van der Waals surface area contributed by atoms with Crippen molar-refractivity contribution in [3.05, 3.63) is 0 Å². The molecule has 0 aliphatic carbocycles. The quantitative estimate of drug-likeness (QED) is 0.309. The Morgan fingerprint density at radius 3 is 1.56 bits per heavy atom. The molecule has 7 heteroatoms. The maximum absolute atomic E-state index is 11.8. The third kappa shape index (κ3) is 17.3. The maximum atomic E-state index is 11.8. The van der Waals surface area contributed by atoms with Crippen molar-refractivity contribution in [2.75, 3.05) is 0 Å². The number of unbranched alkanes of at least 4 members (excludes halogenated alkanes) is 9. The zero-order valence-corrected chi connectivity index (χ0v) is 16.5. The summed E-state index contributed by atoms with van der Waals surface area (Å²) in [5.41, 5.74) is 0. The normalized spacial score (nSPS) is 11.7. The molecule has 0 aromatic heterocycles. The average molecular weight is 386 g/mol. The molecular weight excluding hydrogens is 350 g/mol. The third-order valence-electron chi connectivity index (χ3n) is 4.46. The van der Waals surface area contributed by atoms with Gasteiger partial charge >= 0.3 is 11.9 Å². The summed E-state index contributed by atoms with van der Waals surface area (Å²) in [7, 11) is 0. The highest BCUT2D eigenvalue weighted by Gasteiger charge is 2.19. The first-order chi connectivity index (χ1) is 12.8. The Hall–Kier alpha value is -1.92. The van der Waals surface area contributed by atoms with E-state index >= 15 is 0 Å². The van der Waals surface area contributed by atoms with E-state index in [2.05, 4.69) is 5.32 Å². The summed E-state index contributed by atoms with van der Waals surface area (Å²) in [6.45, 7) is 1.40. The lowest BCUT2D eigenvalue weighted by Crippen LogP contribution is -2.40. The molecule has 1 amide bonds. The fourth-order valence-electron chi connectivity index (χ4n) is 2.85. The van der Waals surface area contributed by atoms with Gasteiger partial charge in [0, 0.05) is 19.3 Å². The molecule has 0 aliphatic heterocycles. The minimum Gasteiger partial charge on any atom is -0.481 e. The van der Waals surface area contributed by atoms with E-state index in [1.165, 1.54) is 6.92 Å². The van der Waals surface area contributed by atoms with Gasteiger partial charge in [-0.3, -0.25) is 9.59 Å². The number of carbonyl (C=O) groups is 4. The van der Waals surface area contributed by atoms with Gasteiger partial charge < -0.3 is 20.3 Å². The molecule has 1 atom stereocenters. The molecule has 0 saturated heterocycles. The Labute approximate surface area is 161 Å². The fourth-order valence-corrected chi connectivity index (χ4v) is 2.85. The molecule has 7 nitrogen and oxygen atoms in total. The Morgan fingerprint density at radius 1 is 0.704 bits per heavy atom. The van der Waals surface area contributed by atoms with E-state index in [9.17, 15) is 19.2 Å². The van der Waals surface area contributed by atoms with Crippen LogP contribution in [0.25, 0.3) is 0 Å². The summed E-state index contributed by atoms with van der Waals surface area (Å²) in [6.07, 6.45) is 11.0. The van der Waals surface area contributed by atoms with Crippen LogP contribution in [0, 0.1) is 0 Å². The summed E-state index contributed by atoms with van der Waals surface area (Å²) in [5, 5.41) is 20.1. The zero-order valence-electron chi connectivity index (χ0n) is 16.5. The van der Waals surface area contributed by atoms with Gasteiger partial charge in [-0.15, -0.1) is 0 Å². The lowest BCUT2D eigenvalue weighted by molar-refractivity contribution is -0.142. The number of nitrogens with one attached hydrogen (secondary N) is 1. The lowest BCUT2D eigenvalue weighted by atomic mass is 10.0.